The minimum atomic E-state index is -0.462. The summed E-state index contributed by atoms with van der Waals surface area (Å²) < 4.78 is 0. The van der Waals surface area contributed by atoms with E-state index in [0.29, 0.717) is 5.69 Å². The number of benzene rings is 1. The predicted octanol–water partition coefficient (Wildman–Crippen LogP) is 0.475. The number of hydrogen-bond acceptors (Lipinski definition) is 5. The number of nitrogens with zero attached hydrogens (tertiary/aromatic N) is 3. The minimum absolute atomic E-state index is 0.0488. The summed E-state index contributed by atoms with van der Waals surface area (Å²) >= 11 is 0. The van der Waals surface area contributed by atoms with Crippen LogP contribution in [0.1, 0.15) is 23.2 Å². The molecule has 2 aliphatic heterocycles. The maximum Gasteiger partial charge on any atom is 0.261 e. The third-order valence-electron chi connectivity index (χ3n) is 5.59. The molecule has 0 bridgehead atoms. The van der Waals surface area contributed by atoms with E-state index in [4.69, 9.17) is 0 Å². The van der Waals surface area contributed by atoms with Crippen LogP contribution in [0.4, 0.5) is 0 Å². The second-order valence-electron chi connectivity index (χ2n) is 7.53. The number of nitrogens with one attached hydrogen (secondary N) is 1. The molecule has 31 heavy (non-hydrogen) atoms. The van der Waals surface area contributed by atoms with Crippen LogP contribution in [0.15, 0.2) is 47.3 Å². The Kier molecular flexibility index (Phi) is 5.66. The van der Waals surface area contributed by atoms with E-state index >= 15 is 0 Å². The topological polar surface area (TPSA) is 111 Å². The van der Waals surface area contributed by atoms with Crippen molar-refractivity contribution in [1.29, 1.82) is 0 Å². The Morgan fingerprint density at radius 3 is 2.03 bits per heavy atom. The molecular formula is C22H22N4O5. The zero-order valence-corrected chi connectivity index (χ0v) is 16.9. The lowest BCUT2D eigenvalue weighted by Gasteiger charge is -2.35. The van der Waals surface area contributed by atoms with Gasteiger partial charge in [-0.05, 0) is 17.7 Å². The van der Waals surface area contributed by atoms with Gasteiger partial charge in [-0.2, -0.15) is 0 Å². The van der Waals surface area contributed by atoms with Crippen molar-refractivity contribution in [3.63, 3.8) is 0 Å². The smallest absolute Gasteiger partial charge is 0.261 e. The van der Waals surface area contributed by atoms with Crippen molar-refractivity contribution in [1.82, 2.24) is 19.7 Å². The molecule has 1 aromatic heterocycles. The summed E-state index contributed by atoms with van der Waals surface area (Å²) in [6, 6.07) is 12.6. The van der Waals surface area contributed by atoms with Crippen LogP contribution in [0.2, 0.25) is 0 Å². The van der Waals surface area contributed by atoms with Gasteiger partial charge in [-0.3, -0.25) is 28.9 Å². The number of likely N-dealkylation sites (tertiary alicyclic amines) is 1. The van der Waals surface area contributed by atoms with E-state index in [1.54, 1.807) is 6.07 Å². The summed E-state index contributed by atoms with van der Waals surface area (Å²) in [6.45, 7) is 0.840. The first-order valence-corrected chi connectivity index (χ1v) is 10.1. The lowest BCUT2D eigenvalue weighted by Crippen LogP contribution is -2.53. The first kappa shape index (κ1) is 20.5. The number of pyridine rings is 1. The summed E-state index contributed by atoms with van der Waals surface area (Å²) in [5.74, 6) is -1.37. The van der Waals surface area contributed by atoms with Gasteiger partial charge >= 0.3 is 0 Å². The molecule has 2 aromatic rings. The van der Waals surface area contributed by atoms with E-state index in [2.05, 4.69) is 4.98 Å². The Balaban J connectivity index is 1.37. The average Bonchev–Trinajstić information content (AvgIpc) is 3.11. The maximum absolute atomic E-state index is 12.8. The first-order valence-electron chi connectivity index (χ1n) is 10.1. The van der Waals surface area contributed by atoms with Crippen LogP contribution in [0.25, 0.3) is 11.3 Å². The molecule has 4 amide bonds. The molecule has 1 aromatic carbocycles. The molecule has 0 spiro atoms. The number of H-pyrrole nitrogens is 1. The Labute approximate surface area is 178 Å². The molecule has 9 nitrogen and oxygen atoms in total. The number of carbonyl (C=O) groups is 4. The molecular weight excluding hydrogens is 400 g/mol. The van der Waals surface area contributed by atoms with Crippen LogP contribution in [0.3, 0.4) is 0 Å². The Morgan fingerprint density at radius 2 is 1.42 bits per heavy atom. The lowest BCUT2D eigenvalue weighted by atomic mass is 10.1. The van der Waals surface area contributed by atoms with Crippen LogP contribution in [-0.2, 0) is 14.4 Å². The summed E-state index contributed by atoms with van der Waals surface area (Å²) in [5, 5.41) is 0. The van der Waals surface area contributed by atoms with Crippen molar-refractivity contribution in [3.8, 4) is 11.3 Å². The van der Waals surface area contributed by atoms with Crippen molar-refractivity contribution in [2.45, 2.75) is 12.8 Å². The van der Waals surface area contributed by atoms with Gasteiger partial charge in [-0.1, -0.05) is 30.3 Å². The number of hydrogen-bond donors (Lipinski definition) is 1. The Bertz CT molecular complexity index is 1070. The molecule has 0 atom stereocenters. The fourth-order valence-corrected chi connectivity index (χ4v) is 3.79. The highest BCUT2D eigenvalue weighted by molar-refractivity contribution is 6.04. The van der Waals surface area contributed by atoms with Gasteiger partial charge in [-0.15, -0.1) is 0 Å². The van der Waals surface area contributed by atoms with Crippen LogP contribution in [-0.4, -0.2) is 76.0 Å². The van der Waals surface area contributed by atoms with Crippen molar-refractivity contribution in [2.24, 2.45) is 0 Å². The molecule has 0 radical (unpaired) electrons. The third kappa shape index (κ3) is 4.25. The SMILES string of the molecule is O=C(CN1C(=O)CCC1=O)N1CCN(C(=O)c2ccc(-c3ccccc3)[nH]c2=O)CC1. The van der Waals surface area contributed by atoms with E-state index < -0.39 is 11.5 Å². The molecule has 160 valence electrons. The molecule has 0 saturated carbocycles. The number of imide groups is 1. The van der Waals surface area contributed by atoms with Crippen molar-refractivity contribution in [2.75, 3.05) is 32.7 Å². The van der Waals surface area contributed by atoms with Gasteiger partial charge < -0.3 is 14.8 Å². The fourth-order valence-electron chi connectivity index (χ4n) is 3.79. The molecule has 3 heterocycles. The monoisotopic (exact) mass is 422 g/mol. The van der Waals surface area contributed by atoms with Crippen molar-refractivity contribution < 1.29 is 19.2 Å². The number of amides is 4. The van der Waals surface area contributed by atoms with E-state index in [1.807, 2.05) is 30.3 Å². The Morgan fingerprint density at radius 1 is 0.806 bits per heavy atom. The van der Waals surface area contributed by atoms with E-state index in [9.17, 15) is 24.0 Å². The van der Waals surface area contributed by atoms with E-state index in [0.717, 1.165) is 10.5 Å². The molecule has 0 aliphatic carbocycles. The standard InChI is InChI=1S/C22H22N4O5/c27-18-8-9-19(28)26(18)14-20(29)24-10-12-25(13-11-24)22(31)16-6-7-17(23-21(16)30)15-4-2-1-3-5-15/h1-7H,8-14H2,(H,23,30). The lowest BCUT2D eigenvalue weighted by molar-refractivity contribution is -0.146. The van der Waals surface area contributed by atoms with E-state index in [-0.39, 0.29) is 68.9 Å². The summed E-state index contributed by atoms with van der Waals surface area (Å²) in [5.41, 5.74) is 1.06. The zero-order chi connectivity index (χ0) is 22.0. The molecule has 0 unspecified atom stereocenters. The minimum Gasteiger partial charge on any atom is -0.338 e. The van der Waals surface area contributed by atoms with Gasteiger partial charge in [0.2, 0.25) is 17.7 Å². The second-order valence-corrected chi connectivity index (χ2v) is 7.53. The number of aromatic nitrogens is 1. The molecule has 9 heteroatoms. The number of aromatic amines is 1. The average molecular weight is 422 g/mol. The summed E-state index contributed by atoms with van der Waals surface area (Å²) in [6.07, 6.45) is 0.290. The largest absolute Gasteiger partial charge is 0.338 e. The maximum atomic E-state index is 12.8. The van der Waals surface area contributed by atoms with Crippen LogP contribution < -0.4 is 5.56 Å². The Hall–Kier alpha value is -3.75. The highest BCUT2D eigenvalue weighted by Crippen LogP contribution is 2.16. The summed E-state index contributed by atoms with van der Waals surface area (Å²) in [7, 11) is 0. The molecule has 2 saturated heterocycles. The normalized spacial score (nSPS) is 16.7. The number of rotatable bonds is 4. The van der Waals surface area contributed by atoms with E-state index in [1.165, 1.54) is 15.9 Å². The molecule has 2 fully saturated rings. The fraction of sp³-hybridized carbons (Fsp3) is 0.318. The van der Waals surface area contributed by atoms with Crippen LogP contribution in [0, 0.1) is 0 Å². The third-order valence-corrected chi connectivity index (χ3v) is 5.59. The quantitative estimate of drug-likeness (QED) is 0.721. The van der Waals surface area contributed by atoms with Crippen LogP contribution in [0.5, 0.6) is 0 Å². The highest BCUT2D eigenvalue weighted by atomic mass is 16.2. The predicted molar refractivity (Wildman–Crippen MR) is 111 cm³/mol. The number of carbonyl (C=O) groups excluding carboxylic acids is 4. The zero-order valence-electron chi connectivity index (χ0n) is 16.9. The van der Waals surface area contributed by atoms with Gasteiger partial charge in [0.25, 0.3) is 11.5 Å². The second kappa shape index (κ2) is 8.55. The van der Waals surface area contributed by atoms with Gasteiger partial charge in [0, 0.05) is 44.7 Å². The molecule has 4 rings (SSSR count). The molecule has 2 aliphatic rings. The van der Waals surface area contributed by atoms with Gasteiger partial charge in [0.1, 0.15) is 12.1 Å². The van der Waals surface area contributed by atoms with Crippen molar-refractivity contribution in [3.05, 3.63) is 58.4 Å². The van der Waals surface area contributed by atoms with Gasteiger partial charge in [0.15, 0.2) is 0 Å². The van der Waals surface area contributed by atoms with Gasteiger partial charge in [-0.25, -0.2) is 0 Å². The molecule has 1 N–H and O–H groups in total. The van der Waals surface area contributed by atoms with Crippen molar-refractivity contribution >= 4 is 23.6 Å². The first-order chi connectivity index (χ1) is 14.9. The summed E-state index contributed by atoms with van der Waals surface area (Å²) in [4.78, 5) is 67.9. The van der Waals surface area contributed by atoms with Crippen LogP contribution >= 0.6 is 0 Å². The van der Waals surface area contributed by atoms with Gasteiger partial charge in [0.05, 0.1) is 0 Å². The number of piperazine rings is 1. The highest BCUT2D eigenvalue weighted by Gasteiger charge is 2.33.